The molecule has 0 aliphatic carbocycles. The lowest BCUT2D eigenvalue weighted by Crippen LogP contribution is -2.66. The standard InChI is InChI=1S/C12H10Cl2F6N2O/c1-2-21-9(23)22-10(11(15,16)17,12(18,19)20)7-5-6(13)3-4-8(7)14/h3-5H,2H2,1H3,(H2,21,22,23). The Morgan fingerprint density at radius 3 is 2.04 bits per heavy atom. The van der Waals surface area contributed by atoms with E-state index in [0.29, 0.717) is 6.07 Å². The highest BCUT2D eigenvalue weighted by Gasteiger charge is 2.73. The molecule has 0 aromatic heterocycles. The van der Waals surface area contributed by atoms with Gasteiger partial charge >= 0.3 is 18.4 Å². The molecule has 23 heavy (non-hydrogen) atoms. The summed E-state index contributed by atoms with van der Waals surface area (Å²) in [6, 6.07) is 0.567. The van der Waals surface area contributed by atoms with Gasteiger partial charge in [0.1, 0.15) is 0 Å². The van der Waals surface area contributed by atoms with Crippen molar-refractivity contribution in [1.29, 1.82) is 0 Å². The molecule has 2 amide bonds. The van der Waals surface area contributed by atoms with Crippen molar-refractivity contribution in [3.63, 3.8) is 0 Å². The summed E-state index contributed by atoms with van der Waals surface area (Å²) in [4.78, 5) is 11.4. The molecule has 1 rings (SSSR count). The van der Waals surface area contributed by atoms with Crippen LogP contribution in [0.4, 0.5) is 31.1 Å². The molecule has 0 unspecified atom stereocenters. The summed E-state index contributed by atoms with van der Waals surface area (Å²) in [5, 5.41) is 1.53. The van der Waals surface area contributed by atoms with Crippen molar-refractivity contribution in [1.82, 2.24) is 10.6 Å². The van der Waals surface area contributed by atoms with Crippen LogP contribution in [0.15, 0.2) is 18.2 Å². The van der Waals surface area contributed by atoms with Gasteiger partial charge in [-0.3, -0.25) is 0 Å². The lowest BCUT2D eigenvalue weighted by atomic mass is 9.88. The van der Waals surface area contributed by atoms with E-state index in [0.717, 1.165) is 17.4 Å². The lowest BCUT2D eigenvalue weighted by molar-refractivity contribution is -0.310. The number of hydrogen-bond donors (Lipinski definition) is 2. The molecule has 0 saturated heterocycles. The van der Waals surface area contributed by atoms with Crippen LogP contribution in [0.25, 0.3) is 0 Å². The van der Waals surface area contributed by atoms with E-state index in [1.165, 1.54) is 6.92 Å². The van der Waals surface area contributed by atoms with Gasteiger partial charge in [-0.25, -0.2) is 4.79 Å². The highest BCUT2D eigenvalue weighted by Crippen LogP contribution is 2.52. The van der Waals surface area contributed by atoms with Crippen molar-refractivity contribution in [3.05, 3.63) is 33.8 Å². The molecule has 1 aromatic carbocycles. The number of halogens is 8. The third-order valence-electron chi connectivity index (χ3n) is 2.82. The molecule has 11 heteroatoms. The van der Waals surface area contributed by atoms with Gasteiger partial charge in [-0.2, -0.15) is 26.3 Å². The van der Waals surface area contributed by atoms with Crippen LogP contribution in [-0.4, -0.2) is 24.9 Å². The molecule has 0 aliphatic rings. The van der Waals surface area contributed by atoms with E-state index in [9.17, 15) is 31.1 Å². The second kappa shape index (κ2) is 6.64. The van der Waals surface area contributed by atoms with Crippen LogP contribution >= 0.6 is 23.2 Å². The Kier molecular flexibility index (Phi) is 5.69. The molecule has 130 valence electrons. The molecule has 2 N–H and O–H groups in total. The summed E-state index contributed by atoms with van der Waals surface area (Å²) < 4.78 is 80.4. The highest BCUT2D eigenvalue weighted by atomic mass is 35.5. The predicted molar refractivity (Wildman–Crippen MR) is 72.5 cm³/mol. The van der Waals surface area contributed by atoms with Gasteiger partial charge in [-0.15, -0.1) is 0 Å². The number of urea groups is 1. The van der Waals surface area contributed by atoms with Crippen LogP contribution in [0.5, 0.6) is 0 Å². The monoisotopic (exact) mass is 382 g/mol. The summed E-state index contributed by atoms with van der Waals surface area (Å²) in [6.45, 7) is 1.15. The lowest BCUT2D eigenvalue weighted by Gasteiger charge is -2.38. The number of rotatable bonds is 3. The number of benzene rings is 1. The highest BCUT2D eigenvalue weighted by molar-refractivity contribution is 6.33. The van der Waals surface area contributed by atoms with Crippen molar-refractivity contribution in [2.75, 3.05) is 6.54 Å². The van der Waals surface area contributed by atoms with Gasteiger partial charge in [0.2, 0.25) is 0 Å². The van der Waals surface area contributed by atoms with Crippen LogP contribution < -0.4 is 10.6 Å². The maximum atomic E-state index is 13.4. The van der Waals surface area contributed by atoms with E-state index in [1.54, 1.807) is 0 Å². The quantitative estimate of drug-likeness (QED) is 0.735. The number of nitrogens with one attached hydrogen (secondary N) is 2. The van der Waals surface area contributed by atoms with E-state index in [2.05, 4.69) is 0 Å². The van der Waals surface area contributed by atoms with Crippen LogP contribution in [0, 0.1) is 0 Å². The molecular weight excluding hydrogens is 373 g/mol. The molecule has 0 saturated carbocycles. The molecule has 0 bridgehead atoms. The van der Waals surface area contributed by atoms with Gasteiger partial charge in [0, 0.05) is 22.2 Å². The summed E-state index contributed by atoms with van der Waals surface area (Å²) in [7, 11) is 0. The number of alkyl halides is 6. The minimum absolute atomic E-state index is 0.180. The maximum absolute atomic E-state index is 13.4. The van der Waals surface area contributed by atoms with Gasteiger partial charge in [0.15, 0.2) is 0 Å². The van der Waals surface area contributed by atoms with Crippen molar-refractivity contribution in [2.24, 2.45) is 0 Å². The molecule has 0 fully saturated rings. The topological polar surface area (TPSA) is 41.1 Å². The summed E-state index contributed by atoms with van der Waals surface area (Å²) in [6.07, 6.45) is -11.9. The molecule has 0 atom stereocenters. The van der Waals surface area contributed by atoms with E-state index in [-0.39, 0.29) is 6.54 Å². The molecular formula is C12H10Cl2F6N2O. The zero-order valence-corrected chi connectivity index (χ0v) is 12.9. The van der Waals surface area contributed by atoms with Crippen molar-refractivity contribution in [2.45, 2.75) is 24.8 Å². The molecule has 0 heterocycles. The number of carbonyl (C=O) groups excluding carboxylic acids is 1. The van der Waals surface area contributed by atoms with E-state index in [4.69, 9.17) is 23.2 Å². The first-order valence-corrected chi connectivity index (χ1v) is 6.77. The van der Waals surface area contributed by atoms with Gasteiger partial charge < -0.3 is 10.6 Å². The van der Waals surface area contributed by atoms with Crippen molar-refractivity contribution >= 4 is 29.2 Å². The molecule has 0 aliphatic heterocycles. The predicted octanol–water partition coefficient (Wildman–Crippen LogP) is 4.63. The SMILES string of the molecule is CCNC(=O)NC(c1cc(Cl)ccc1Cl)(C(F)(F)F)C(F)(F)F. The smallest absolute Gasteiger partial charge is 0.338 e. The first-order chi connectivity index (χ1) is 10.4. The maximum Gasteiger partial charge on any atom is 0.424 e. The fourth-order valence-electron chi connectivity index (χ4n) is 1.84. The third kappa shape index (κ3) is 3.77. The largest absolute Gasteiger partial charge is 0.424 e. The summed E-state index contributed by atoms with van der Waals surface area (Å²) in [5.74, 6) is 0. The van der Waals surface area contributed by atoms with E-state index < -0.39 is 39.5 Å². The summed E-state index contributed by atoms with van der Waals surface area (Å²) >= 11 is 11.0. The molecule has 1 aromatic rings. The number of amides is 2. The zero-order valence-electron chi connectivity index (χ0n) is 11.4. The molecule has 3 nitrogen and oxygen atoms in total. The third-order valence-corrected chi connectivity index (χ3v) is 3.39. The minimum Gasteiger partial charge on any atom is -0.338 e. The Morgan fingerprint density at radius 1 is 1.09 bits per heavy atom. The Bertz CT molecular complexity index is 574. The average Bonchev–Trinajstić information content (AvgIpc) is 2.36. The summed E-state index contributed by atoms with van der Waals surface area (Å²) in [5.41, 5.74) is -6.13. The van der Waals surface area contributed by atoms with Gasteiger partial charge in [0.05, 0.1) is 0 Å². The van der Waals surface area contributed by atoms with Crippen molar-refractivity contribution in [3.8, 4) is 0 Å². The Balaban J connectivity index is 3.70. The minimum atomic E-state index is -5.93. The van der Waals surface area contributed by atoms with Crippen LogP contribution in [-0.2, 0) is 5.54 Å². The fraction of sp³-hybridized carbons (Fsp3) is 0.417. The van der Waals surface area contributed by atoms with Gasteiger partial charge in [0.25, 0.3) is 5.54 Å². The Hall–Kier alpha value is -1.35. The first kappa shape index (κ1) is 19.7. The molecule has 0 radical (unpaired) electrons. The average molecular weight is 383 g/mol. The van der Waals surface area contributed by atoms with Gasteiger partial charge in [-0.05, 0) is 25.1 Å². The first-order valence-electron chi connectivity index (χ1n) is 6.01. The molecule has 0 spiro atoms. The second-order valence-electron chi connectivity index (χ2n) is 4.35. The Morgan fingerprint density at radius 2 is 1.61 bits per heavy atom. The van der Waals surface area contributed by atoms with Crippen LogP contribution in [0.2, 0.25) is 10.0 Å². The van der Waals surface area contributed by atoms with Crippen molar-refractivity contribution < 1.29 is 31.1 Å². The number of carbonyl (C=O) groups is 1. The number of hydrogen-bond acceptors (Lipinski definition) is 1. The van der Waals surface area contributed by atoms with E-state index >= 15 is 0 Å². The van der Waals surface area contributed by atoms with Crippen LogP contribution in [0.1, 0.15) is 12.5 Å². The van der Waals surface area contributed by atoms with E-state index in [1.807, 2.05) is 5.32 Å². The van der Waals surface area contributed by atoms with Crippen LogP contribution in [0.3, 0.4) is 0 Å². The fourth-order valence-corrected chi connectivity index (χ4v) is 2.27. The Labute approximate surface area is 136 Å². The second-order valence-corrected chi connectivity index (χ2v) is 5.20. The normalized spacial score (nSPS) is 12.9. The van der Waals surface area contributed by atoms with Gasteiger partial charge in [-0.1, -0.05) is 23.2 Å². The zero-order chi connectivity index (χ0) is 18.1.